The fraction of sp³-hybridized carbons (Fsp3) is 0.353. The molecule has 2 rings (SSSR count). The third-order valence-electron chi connectivity index (χ3n) is 3.66. The Bertz CT molecular complexity index is 607. The number of nitrogens with one attached hydrogen (secondary N) is 2. The van der Waals surface area contributed by atoms with Crippen molar-refractivity contribution >= 4 is 17.4 Å². The number of carbonyl (C=O) groups is 1. The topological polar surface area (TPSA) is 61.4 Å². The lowest BCUT2D eigenvalue weighted by molar-refractivity contribution is 0.216. The molecule has 2 amide bonds. The predicted molar refractivity (Wildman–Crippen MR) is 90.1 cm³/mol. The highest BCUT2D eigenvalue weighted by Gasteiger charge is 2.13. The molecule has 0 saturated carbocycles. The first-order chi connectivity index (χ1) is 10.6. The highest BCUT2D eigenvalue weighted by molar-refractivity contribution is 7.10. The van der Waals surface area contributed by atoms with Gasteiger partial charge in [0, 0.05) is 4.88 Å². The number of amides is 2. The maximum absolute atomic E-state index is 12.0. The van der Waals surface area contributed by atoms with Gasteiger partial charge in [-0.3, -0.25) is 0 Å². The van der Waals surface area contributed by atoms with Crippen LogP contribution in [0.5, 0.6) is 0 Å². The number of aryl methyl sites for hydroxylation is 2. The molecule has 5 heteroatoms. The summed E-state index contributed by atoms with van der Waals surface area (Å²) in [5, 5.41) is 17.2. The molecule has 0 radical (unpaired) electrons. The predicted octanol–water partition coefficient (Wildman–Crippen LogP) is 3.15. The summed E-state index contributed by atoms with van der Waals surface area (Å²) < 4.78 is 0. The Kier molecular flexibility index (Phi) is 5.98. The van der Waals surface area contributed by atoms with Crippen LogP contribution in [0.25, 0.3) is 0 Å². The molecule has 0 aliphatic heterocycles. The van der Waals surface area contributed by atoms with Crippen molar-refractivity contribution < 1.29 is 9.90 Å². The van der Waals surface area contributed by atoms with Gasteiger partial charge in [0.1, 0.15) is 0 Å². The van der Waals surface area contributed by atoms with Gasteiger partial charge in [-0.05, 0) is 41.5 Å². The standard InChI is InChI=1S/C17H22N2O2S/c1-3-13-4-6-14(7-5-13)15(11-20)19-17(21)18-10-16-12(2)8-9-22-16/h4-9,15,20H,3,10-11H2,1-2H3,(H2,18,19,21). The Morgan fingerprint density at radius 3 is 2.55 bits per heavy atom. The summed E-state index contributed by atoms with van der Waals surface area (Å²) in [4.78, 5) is 13.1. The number of aliphatic hydroxyl groups is 1. The number of hydrogen-bond acceptors (Lipinski definition) is 3. The fourth-order valence-corrected chi connectivity index (χ4v) is 3.02. The van der Waals surface area contributed by atoms with Crippen molar-refractivity contribution in [1.29, 1.82) is 0 Å². The average molecular weight is 318 g/mol. The molecule has 22 heavy (non-hydrogen) atoms. The first kappa shape index (κ1) is 16.5. The third-order valence-corrected chi connectivity index (χ3v) is 4.68. The zero-order chi connectivity index (χ0) is 15.9. The van der Waals surface area contributed by atoms with Crippen LogP contribution in [0, 0.1) is 6.92 Å². The van der Waals surface area contributed by atoms with Crippen LogP contribution >= 0.6 is 11.3 Å². The summed E-state index contributed by atoms with van der Waals surface area (Å²) in [6, 6.07) is 9.30. The molecule has 1 aromatic carbocycles. The van der Waals surface area contributed by atoms with Gasteiger partial charge >= 0.3 is 6.03 Å². The quantitative estimate of drug-likeness (QED) is 0.766. The highest BCUT2D eigenvalue weighted by atomic mass is 32.1. The molecule has 0 fully saturated rings. The Morgan fingerprint density at radius 1 is 1.27 bits per heavy atom. The molecule has 0 aliphatic carbocycles. The second kappa shape index (κ2) is 7.96. The summed E-state index contributed by atoms with van der Waals surface area (Å²) in [6.07, 6.45) is 0.970. The van der Waals surface area contributed by atoms with Gasteiger partial charge in [0.25, 0.3) is 0 Å². The average Bonchev–Trinajstić information content (AvgIpc) is 2.96. The lowest BCUT2D eigenvalue weighted by atomic mass is 10.0. The van der Waals surface area contributed by atoms with Gasteiger partial charge in [0.2, 0.25) is 0 Å². The molecule has 0 saturated heterocycles. The summed E-state index contributed by atoms with van der Waals surface area (Å²) in [7, 11) is 0. The van der Waals surface area contributed by atoms with Crippen molar-refractivity contribution in [3.63, 3.8) is 0 Å². The summed E-state index contributed by atoms with van der Waals surface area (Å²) in [5.74, 6) is 0. The Balaban J connectivity index is 1.91. The molecular weight excluding hydrogens is 296 g/mol. The van der Waals surface area contributed by atoms with E-state index in [2.05, 4.69) is 17.6 Å². The van der Waals surface area contributed by atoms with Gasteiger partial charge < -0.3 is 15.7 Å². The van der Waals surface area contributed by atoms with E-state index >= 15 is 0 Å². The van der Waals surface area contributed by atoms with Crippen LogP contribution in [-0.4, -0.2) is 17.7 Å². The van der Waals surface area contributed by atoms with Gasteiger partial charge in [-0.1, -0.05) is 31.2 Å². The number of urea groups is 1. The normalized spacial score (nSPS) is 12.0. The van der Waals surface area contributed by atoms with E-state index in [4.69, 9.17) is 0 Å². The molecule has 3 N–H and O–H groups in total. The van der Waals surface area contributed by atoms with E-state index in [0.717, 1.165) is 16.9 Å². The maximum atomic E-state index is 12.0. The van der Waals surface area contributed by atoms with Gasteiger partial charge in [-0.2, -0.15) is 0 Å². The Labute approximate surface area is 135 Å². The van der Waals surface area contributed by atoms with Crippen molar-refractivity contribution in [2.24, 2.45) is 0 Å². The van der Waals surface area contributed by atoms with Crippen LogP contribution in [0.3, 0.4) is 0 Å². The van der Waals surface area contributed by atoms with Crippen LogP contribution in [0.15, 0.2) is 35.7 Å². The summed E-state index contributed by atoms with van der Waals surface area (Å²) >= 11 is 1.62. The monoisotopic (exact) mass is 318 g/mol. The maximum Gasteiger partial charge on any atom is 0.315 e. The molecule has 1 unspecified atom stereocenters. The van der Waals surface area contributed by atoms with Crippen LogP contribution in [0.1, 0.15) is 34.5 Å². The number of thiophene rings is 1. The van der Waals surface area contributed by atoms with Crippen LogP contribution in [0.2, 0.25) is 0 Å². The minimum atomic E-state index is -0.393. The zero-order valence-corrected chi connectivity index (χ0v) is 13.7. The largest absolute Gasteiger partial charge is 0.394 e. The van der Waals surface area contributed by atoms with Crippen molar-refractivity contribution in [3.8, 4) is 0 Å². The van der Waals surface area contributed by atoms with Crippen LogP contribution in [-0.2, 0) is 13.0 Å². The van der Waals surface area contributed by atoms with Gasteiger partial charge in [-0.25, -0.2) is 4.79 Å². The van der Waals surface area contributed by atoms with Gasteiger partial charge in [0.05, 0.1) is 19.2 Å². The Morgan fingerprint density at radius 2 is 2.00 bits per heavy atom. The molecule has 0 bridgehead atoms. The fourth-order valence-electron chi connectivity index (χ4n) is 2.18. The molecule has 0 aliphatic rings. The van der Waals surface area contributed by atoms with E-state index in [-0.39, 0.29) is 12.6 Å². The first-order valence-corrected chi connectivity index (χ1v) is 8.29. The van der Waals surface area contributed by atoms with Crippen molar-refractivity contribution in [3.05, 3.63) is 57.3 Å². The molecule has 118 valence electrons. The minimum Gasteiger partial charge on any atom is -0.394 e. The molecule has 1 atom stereocenters. The van der Waals surface area contributed by atoms with Gasteiger partial charge in [0.15, 0.2) is 0 Å². The molecular formula is C17H22N2O2S. The first-order valence-electron chi connectivity index (χ1n) is 7.41. The molecule has 1 aromatic heterocycles. The number of rotatable bonds is 6. The number of hydrogen-bond donors (Lipinski definition) is 3. The van der Waals surface area contributed by atoms with E-state index in [1.54, 1.807) is 11.3 Å². The molecule has 4 nitrogen and oxygen atoms in total. The second-order valence-corrected chi connectivity index (χ2v) is 6.18. The molecule has 0 spiro atoms. The van der Waals surface area contributed by atoms with E-state index < -0.39 is 6.04 Å². The lowest BCUT2D eigenvalue weighted by Crippen LogP contribution is -2.38. The van der Waals surface area contributed by atoms with Crippen molar-refractivity contribution in [1.82, 2.24) is 10.6 Å². The SMILES string of the molecule is CCc1ccc(C(CO)NC(=O)NCc2sccc2C)cc1. The van der Waals surface area contributed by atoms with Crippen LogP contribution in [0.4, 0.5) is 4.79 Å². The number of carbonyl (C=O) groups excluding carboxylic acids is 1. The van der Waals surface area contributed by atoms with E-state index in [1.807, 2.05) is 42.6 Å². The van der Waals surface area contributed by atoms with Crippen molar-refractivity contribution in [2.75, 3.05) is 6.61 Å². The number of benzene rings is 1. The molecule has 2 aromatic rings. The summed E-state index contributed by atoms with van der Waals surface area (Å²) in [6.45, 7) is 4.49. The van der Waals surface area contributed by atoms with Gasteiger partial charge in [-0.15, -0.1) is 11.3 Å². The molecule has 1 heterocycles. The lowest BCUT2D eigenvalue weighted by Gasteiger charge is -2.17. The smallest absolute Gasteiger partial charge is 0.315 e. The van der Waals surface area contributed by atoms with E-state index in [0.29, 0.717) is 6.54 Å². The highest BCUT2D eigenvalue weighted by Crippen LogP contribution is 2.16. The number of aliphatic hydroxyl groups excluding tert-OH is 1. The Hall–Kier alpha value is -1.85. The van der Waals surface area contributed by atoms with Crippen LogP contribution < -0.4 is 10.6 Å². The summed E-state index contributed by atoms with van der Waals surface area (Å²) in [5.41, 5.74) is 3.32. The van der Waals surface area contributed by atoms with Crippen molar-refractivity contribution in [2.45, 2.75) is 32.9 Å². The van der Waals surface area contributed by atoms with E-state index in [1.165, 1.54) is 11.1 Å². The minimum absolute atomic E-state index is 0.128. The second-order valence-electron chi connectivity index (χ2n) is 5.18. The van der Waals surface area contributed by atoms with E-state index in [9.17, 15) is 9.90 Å². The third kappa shape index (κ3) is 4.32. The zero-order valence-electron chi connectivity index (χ0n) is 12.9.